The number of nitro groups is 1. The van der Waals surface area contributed by atoms with Crippen LogP contribution < -0.4 is 5.32 Å². The fourth-order valence-electron chi connectivity index (χ4n) is 2.26. The maximum atomic E-state index is 10.8. The summed E-state index contributed by atoms with van der Waals surface area (Å²) in [6, 6.07) is 6.82. The van der Waals surface area contributed by atoms with E-state index < -0.39 is 0 Å². The van der Waals surface area contributed by atoms with Gasteiger partial charge in [0.05, 0.1) is 4.92 Å². The van der Waals surface area contributed by atoms with Crippen LogP contribution in [-0.4, -0.2) is 11.5 Å². The molecule has 0 bridgehead atoms. The summed E-state index contributed by atoms with van der Waals surface area (Å²) < 4.78 is 0. The summed E-state index contributed by atoms with van der Waals surface area (Å²) in [7, 11) is 0. The first-order valence-corrected chi connectivity index (χ1v) is 7.73. The Hall–Kier alpha value is -1.58. The second kappa shape index (κ2) is 10.2. The Morgan fingerprint density at radius 2 is 1.60 bits per heavy atom. The minimum Gasteiger partial charge on any atom is -0.379 e. The number of rotatable bonds is 11. The highest BCUT2D eigenvalue weighted by atomic mass is 16.6. The molecular formula is C16H26N2O2. The highest BCUT2D eigenvalue weighted by Gasteiger charge is 2.10. The van der Waals surface area contributed by atoms with Gasteiger partial charge in [0.1, 0.15) is 5.69 Å². The summed E-state index contributed by atoms with van der Waals surface area (Å²) in [4.78, 5) is 10.5. The van der Waals surface area contributed by atoms with Crippen LogP contribution in [0, 0.1) is 10.1 Å². The number of para-hydroxylation sites is 2. The second-order valence-corrected chi connectivity index (χ2v) is 5.18. The van der Waals surface area contributed by atoms with Crippen molar-refractivity contribution in [3.63, 3.8) is 0 Å². The molecule has 1 aromatic carbocycles. The molecule has 0 aliphatic carbocycles. The number of nitrogens with one attached hydrogen (secondary N) is 1. The van der Waals surface area contributed by atoms with E-state index in [0.29, 0.717) is 5.69 Å². The van der Waals surface area contributed by atoms with Crippen LogP contribution in [0.15, 0.2) is 24.3 Å². The standard InChI is InChI=1S/C16H26N2O2/c1-2-3-4-5-6-7-8-11-14-17-15-12-9-10-13-16(15)18(19)20/h9-10,12-13,17H,2-8,11,14H2,1H3. The summed E-state index contributed by atoms with van der Waals surface area (Å²) in [5.41, 5.74) is 0.785. The van der Waals surface area contributed by atoms with E-state index in [0.717, 1.165) is 13.0 Å². The number of nitro benzene ring substituents is 1. The van der Waals surface area contributed by atoms with Gasteiger partial charge in [0.25, 0.3) is 5.69 Å². The van der Waals surface area contributed by atoms with Gasteiger partial charge in [0, 0.05) is 12.6 Å². The molecule has 0 radical (unpaired) electrons. The van der Waals surface area contributed by atoms with Crippen LogP contribution in [0.1, 0.15) is 58.3 Å². The first-order chi connectivity index (χ1) is 9.75. The molecule has 1 rings (SSSR count). The first-order valence-electron chi connectivity index (χ1n) is 7.73. The molecule has 0 fully saturated rings. The molecule has 4 nitrogen and oxygen atoms in total. The Kier molecular flexibility index (Phi) is 8.43. The molecule has 0 heterocycles. The third kappa shape index (κ3) is 6.55. The quantitative estimate of drug-likeness (QED) is 0.346. The van der Waals surface area contributed by atoms with Crippen molar-refractivity contribution < 1.29 is 4.92 Å². The molecule has 0 saturated carbocycles. The molecule has 112 valence electrons. The average Bonchev–Trinajstić information content (AvgIpc) is 2.46. The molecular weight excluding hydrogens is 252 g/mol. The van der Waals surface area contributed by atoms with Crippen LogP contribution in [0.5, 0.6) is 0 Å². The largest absolute Gasteiger partial charge is 0.379 e. The first kappa shape index (κ1) is 16.5. The maximum absolute atomic E-state index is 10.8. The topological polar surface area (TPSA) is 55.2 Å². The van der Waals surface area contributed by atoms with E-state index in [4.69, 9.17) is 0 Å². The van der Waals surface area contributed by atoms with Crippen molar-refractivity contribution in [2.45, 2.75) is 58.3 Å². The van der Waals surface area contributed by atoms with Crippen molar-refractivity contribution in [3.05, 3.63) is 34.4 Å². The zero-order valence-corrected chi connectivity index (χ0v) is 12.4. The van der Waals surface area contributed by atoms with Crippen LogP contribution in [0.2, 0.25) is 0 Å². The van der Waals surface area contributed by atoms with Crippen LogP contribution in [0.3, 0.4) is 0 Å². The van der Waals surface area contributed by atoms with Crippen molar-refractivity contribution in [2.75, 3.05) is 11.9 Å². The van der Waals surface area contributed by atoms with Crippen molar-refractivity contribution in [3.8, 4) is 0 Å². The van der Waals surface area contributed by atoms with Gasteiger partial charge < -0.3 is 5.32 Å². The Labute approximate surface area is 121 Å². The Morgan fingerprint density at radius 3 is 2.25 bits per heavy atom. The monoisotopic (exact) mass is 278 g/mol. The van der Waals surface area contributed by atoms with E-state index in [1.165, 1.54) is 51.0 Å². The van der Waals surface area contributed by atoms with Gasteiger partial charge >= 0.3 is 0 Å². The van der Waals surface area contributed by atoms with Gasteiger partial charge in [0.15, 0.2) is 0 Å². The average molecular weight is 278 g/mol. The number of nitrogens with zero attached hydrogens (tertiary/aromatic N) is 1. The van der Waals surface area contributed by atoms with Gasteiger partial charge in [-0.3, -0.25) is 10.1 Å². The van der Waals surface area contributed by atoms with Crippen LogP contribution in [-0.2, 0) is 0 Å². The van der Waals surface area contributed by atoms with Crippen LogP contribution in [0.25, 0.3) is 0 Å². The van der Waals surface area contributed by atoms with Gasteiger partial charge in [-0.25, -0.2) is 0 Å². The lowest BCUT2D eigenvalue weighted by molar-refractivity contribution is -0.384. The van der Waals surface area contributed by atoms with E-state index in [1.54, 1.807) is 12.1 Å². The Morgan fingerprint density at radius 1 is 1.00 bits per heavy atom. The molecule has 1 N–H and O–H groups in total. The van der Waals surface area contributed by atoms with Crippen molar-refractivity contribution >= 4 is 11.4 Å². The third-order valence-electron chi connectivity index (χ3n) is 3.45. The summed E-state index contributed by atoms with van der Waals surface area (Å²) in [6.07, 6.45) is 10.2. The molecule has 0 amide bonds. The fraction of sp³-hybridized carbons (Fsp3) is 0.625. The predicted octanol–water partition coefficient (Wildman–Crippen LogP) is 5.15. The molecule has 0 aliphatic heterocycles. The summed E-state index contributed by atoms with van der Waals surface area (Å²) in [5.74, 6) is 0. The zero-order valence-electron chi connectivity index (χ0n) is 12.4. The predicted molar refractivity (Wildman–Crippen MR) is 84.2 cm³/mol. The summed E-state index contributed by atoms with van der Waals surface area (Å²) in [5, 5.41) is 14.0. The van der Waals surface area contributed by atoms with E-state index in [2.05, 4.69) is 12.2 Å². The Balaban J connectivity index is 2.11. The fourth-order valence-corrected chi connectivity index (χ4v) is 2.26. The molecule has 4 heteroatoms. The molecule has 0 aliphatic rings. The molecule has 0 saturated heterocycles. The van der Waals surface area contributed by atoms with E-state index >= 15 is 0 Å². The number of hydrogen-bond acceptors (Lipinski definition) is 3. The number of benzene rings is 1. The van der Waals surface area contributed by atoms with Crippen molar-refractivity contribution in [2.24, 2.45) is 0 Å². The van der Waals surface area contributed by atoms with E-state index in [9.17, 15) is 10.1 Å². The van der Waals surface area contributed by atoms with Crippen molar-refractivity contribution in [1.82, 2.24) is 0 Å². The van der Waals surface area contributed by atoms with Crippen molar-refractivity contribution in [1.29, 1.82) is 0 Å². The summed E-state index contributed by atoms with van der Waals surface area (Å²) in [6.45, 7) is 3.04. The molecule has 0 aromatic heterocycles. The van der Waals surface area contributed by atoms with Gasteiger partial charge in [-0.2, -0.15) is 0 Å². The smallest absolute Gasteiger partial charge is 0.292 e. The minimum absolute atomic E-state index is 0.159. The van der Waals surface area contributed by atoms with Gasteiger partial charge in [-0.05, 0) is 12.5 Å². The molecule has 20 heavy (non-hydrogen) atoms. The maximum Gasteiger partial charge on any atom is 0.292 e. The number of anilines is 1. The highest BCUT2D eigenvalue weighted by Crippen LogP contribution is 2.23. The molecule has 1 aromatic rings. The lowest BCUT2D eigenvalue weighted by atomic mass is 10.1. The van der Waals surface area contributed by atoms with E-state index in [1.807, 2.05) is 6.07 Å². The van der Waals surface area contributed by atoms with Gasteiger partial charge in [0.2, 0.25) is 0 Å². The number of hydrogen-bond donors (Lipinski definition) is 1. The Bertz CT molecular complexity index is 394. The lowest BCUT2D eigenvalue weighted by Gasteiger charge is -2.06. The molecule has 0 atom stereocenters. The van der Waals surface area contributed by atoms with E-state index in [-0.39, 0.29) is 10.6 Å². The zero-order chi connectivity index (χ0) is 14.6. The molecule has 0 unspecified atom stereocenters. The SMILES string of the molecule is CCCCCCCCCCNc1ccccc1[N+](=O)[O-]. The minimum atomic E-state index is -0.337. The second-order valence-electron chi connectivity index (χ2n) is 5.18. The lowest BCUT2D eigenvalue weighted by Crippen LogP contribution is -2.04. The van der Waals surface area contributed by atoms with Crippen LogP contribution in [0.4, 0.5) is 11.4 Å². The highest BCUT2D eigenvalue weighted by molar-refractivity contribution is 5.60. The van der Waals surface area contributed by atoms with Crippen LogP contribution >= 0.6 is 0 Å². The third-order valence-corrected chi connectivity index (χ3v) is 3.45. The normalized spacial score (nSPS) is 10.4. The van der Waals surface area contributed by atoms with Gasteiger partial charge in [-0.1, -0.05) is 64.0 Å². The van der Waals surface area contributed by atoms with Gasteiger partial charge in [-0.15, -0.1) is 0 Å². The number of unbranched alkanes of at least 4 members (excludes halogenated alkanes) is 7. The summed E-state index contributed by atoms with van der Waals surface area (Å²) >= 11 is 0. The molecule has 0 spiro atoms.